The normalized spacial score (nSPS) is 21.7. The highest BCUT2D eigenvalue weighted by Crippen LogP contribution is 2.15. The number of nitriles is 1. The van der Waals surface area contributed by atoms with Gasteiger partial charge in [-0.05, 0) is 25.7 Å². The van der Waals surface area contributed by atoms with Gasteiger partial charge in [0.05, 0.1) is 12.7 Å². The largest absolute Gasteiger partial charge is 0.381 e. The van der Waals surface area contributed by atoms with E-state index in [0.29, 0.717) is 12.5 Å². The SMILES string of the molecule is CC(C#N)OCC1CCOCC1. The number of rotatable bonds is 3. The Labute approximate surface area is 73.3 Å². The van der Waals surface area contributed by atoms with Crippen molar-refractivity contribution in [2.45, 2.75) is 25.9 Å². The molecule has 1 saturated heterocycles. The van der Waals surface area contributed by atoms with Gasteiger partial charge in [0.25, 0.3) is 0 Å². The summed E-state index contributed by atoms with van der Waals surface area (Å²) in [4.78, 5) is 0. The van der Waals surface area contributed by atoms with E-state index in [1.165, 1.54) is 0 Å². The molecule has 0 aliphatic carbocycles. The highest BCUT2D eigenvalue weighted by atomic mass is 16.5. The van der Waals surface area contributed by atoms with Crippen molar-refractivity contribution >= 4 is 0 Å². The van der Waals surface area contributed by atoms with Crippen molar-refractivity contribution in [2.75, 3.05) is 19.8 Å². The number of nitrogens with zero attached hydrogens (tertiary/aromatic N) is 1. The third kappa shape index (κ3) is 3.21. The van der Waals surface area contributed by atoms with Crippen LogP contribution >= 0.6 is 0 Å². The Morgan fingerprint density at radius 1 is 1.58 bits per heavy atom. The van der Waals surface area contributed by atoms with Crippen LogP contribution in [0, 0.1) is 17.2 Å². The molecule has 0 aromatic carbocycles. The molecule has 0 aromatic heterocycles. The zero-order valence-electron chi connectivity index (χ0n) is 7.45. The fourth-order valence-electron chi connectivity index (χ4n) is 1.23. The first-order valence-electron chi connectivity index (χ1n) is 4.42. The highest BCUT2D eigenvalue weighted by Gasteiger charge is 2.14. The minimum Gasteiger partial charge on any atom is -0.381 e. The molecule has 1 unspecified atom stereocenters. The van der Waals surface area contributed by atoms with E-state index < -0.39 is 0 Å². The molecular weight excluding hydrogens is 154 g/mol. The van der Waals surface area contributed by atoms with Crippen LogP contribution in [0.25, 0.3) is 0 Å². The molecule has 0 spiro atoms. The summed E-state index contributed by atoms with van der Waals surface area (Å²) >= 11 is 0. The molecule has 1 fully saturated rings. The minimum absolute atomic E-state index is 0.271. The summed E-state index contributed by atoms with van der Waals surface area (Å²) in [6.45, 7) is 4.17. The van der Waals surface area contributed by atoms with E-state index in [4.69, 9.17) is 14.7 Å². The van der Waals surface area contributed by atoms with Gasteiger partial charge in [-0.2, -0.15) is 5.26 Å². The summed E-state index contributed by atoms with van der Waals surface area (Å²) in [5.41, 5.74) is 0. The Kier molecular flexibility index (Phi) is 4.06. The lowest BCUT2D eigenvalue weighted by molar-refractivity contribution is 0.00986. The van der Waals surface area contributed by atoms with Crippen molar-refractivity contribution in [1.82, 2.24) is 0 Å². The Morgan fingerprint density at radius 2 is 2.25 bits per heavy atom. The lowest BCUT2D eigenvalue weighted by Gasteiger charge is -2.22. The summed E-state index contributed by atoms with van der Waals surface area (Å²) in [5, 5.41) is 8.46. The Bertz CT molecular complexity index is 158. The van der Waals surface area contributed by atoms with Gasteiger partial charge in [-0.25, -0.2) is 0 Å². The van der Waals surface area contributed by atoms with Gasteiger partial charge in [0, 0.05) is 13.2 Å². The molecule has 0 N–H and O–H groups in total. The molecule has 68 valence electrons. The maximum atomic E-state index is 8.46. The molecule has 1 heterocycles. The number of hydrogen-bond donors (Lipinski definition) is 0. The predicted molar refractivity (Wildman–Crippen MR) is 44.6 cm³/mol. The summed E-state index contributed by atoms with van der Waals surface area (Å²) in [6, 6.07) is 2.05. The van der Waals surface area contributed by atoms with Gasteiger partial charge in [-0.15, -0.1) is 0 Å². The van der Waals surface area contributed by atoms with Crippen molar-refractivity contribution in [3.63, 3.8) is 0 Å². The van der Waals surface area contributed by atoms with Crippen LogP contribution in [0.3, 0.4) is 0 Å². The fraction of sp³-hybridized carbons (Fsp3) is 0.889. The second-order valence-electron chi connectivity index (χ2n) is 3.16. The summed E-state index contributed by atoms with van der Waals surface area (Å²) in [7, 11) is 0. The smallest absolute Gasteiger partial charge is 0.141 e. The van der Waals surface area contributed by atoms with E-state index in [-0.39, 0.29) is 6.10 Å². The molecule has 1 atom stereocenters. The van der Waals surface area contributed by atoms with Crippen LogP contribution in [0.15, 0.2) is 0 Å². The van der Waals surface area contributed by atoms with E-state index in [1.807, 2.05) is 0 Å². The molecule has 0 saturated carbocycles. The van der Waals surface area contributed by atoms with Crippen molar-refractivity contribution in [3.8, 4) is 6.07 Å². The molecule has 0 aromatic rings. The van der Waals surface area contributed by atoms with Gasteiger partial charge in [0.2, 0.25) is 0 Å². The van der Waals surface area contributed by atoms with Crippen LogP contribution in [0.1, 0.15) is 19.8 Å². The maximum Gasteiger partial charge on any atom is 0.141 e. The molecule has 1 rings (SSSR count). The minimum atomic E-state index is -0.271. The second kappa shape index (κ2) is 5.13. The van der Waals surface area contributed by atoms with E-state index in [0.717, 1.165) is 26.1 Å². The van der Waals surface area contributed by atoms with E-state index in [2.05, 4.69) is 6.07 Å². The molecule has 12 heavy (non-hydrogen) atoms. The quantitative estimate of drug-likeness (QED) is 0.640. The van der Waals surface area contributed by atoms with Crippen LogP contribution in [0.4, 0.5) is 0 Å². The summed E-state index contributed by atoms with van der Waals surface area (Å²) < 4.78 is 10.5. The molecule has 1 aliphatic heterocycles. The average Bonchev–Trinajstić information content (AvgIpc) is 2.16. The molecule has 3 heteroatoms. The fourth-order valence-corrected chi connectivity index (χ4v) is 1.23. The topological polar surface area (TPSA) is 42.2 Å². The van der Waals surface area contributed by atoms with Crippen LogP contribution in [0.5, 0.6) is 0 Å². The van der Waals surface area contributed by atoms with Gasteiger partial charge >= 0.3 is 0 Å². The second-order valence-corrected chi connectivity index (χ2v) is 3.16. The molecule has 3 nitrogen and oxygen atoms in total. The van der Waals surface area contributed by atoms with Gasteiger partial charge in [0.15, 0.2) is 0 Å². The number of ether oxygens (including phenoxy) is 2. The van der Waals surface area contributed by atoms with Crippen LogP contribution in [-0.4, -0.2) is 25.9 Å². The standard InChI is InChI=1S/C9H15NO2/c1-8(6-10)12-7-9-2-4-11-5-3-9/h8-9H,2-5,7H2,1H3. The van der Waals surface area contributed by atoms with Crippen LogP contribution in [0.2, 0.25) is 0 Å². The van der Waals surface area contributed by atoms with Gasteiger partial charge in [0.1, 0.15) is 6.10 Å². The first kappa shape index (κ1) is 9.50. The van der Waals surface area contributed by atoms with Crippen LogP contribution < -0.4 is 0 Å². The third-order valence-electron chi connectivity index (χ3n) is 2.10. The van der Waals surface area contributed by atoms with Crippen molar-refractivity contribution < 1.29 is 9.47 Å². The summed E-state index contributed by atoms with van der Waals surface area (Å²) in [5.74, 6) is 0.592. The van der Waals surface area contributed by atoms with Gasteiger partial charge in [-0.3, -0.25) is 0 Å². The van der Waals surface area contributed by atoms with Crippen molar-refractivity contribution in [1.29, 1.82) is 5.26 Å². The van der Waals surface area contributed by atoms with E-state index in [9.17, 15) is 0 Å². The lowest BCUT2D eigenvalue weighted by atomic mass is 10.0. The average molecular weight is 169 g/mol. The Morgan fingerprint density at radius 3 is 2.83 bits per heavy atom. The highest BCUT2D eigenvalue weighted by molar-refractivity contribution is 4.79. The van der Waals surface area contributed by atoms with E-state index in [1.54, 1.807) is 6.92 Å². The lowest BCUT2D eigenvalue weighted by Crippen LogP contribution is -2.22. The number of hydrogen-bond acceptors (Lipinski definition) is 3. The van der Waals surface area contributed by atoms with Crippen molar-refractivity contribution in [2.24, 2.45) is 5.92 Å². The van der Waals surface area contributed by atoms with Crippen LogP contribution in [-0.2, 0) is 9.47 Å². The third-order valence-corrected chi connectivity index (χ3v) is 2.10. The summed E-state index contributed by atoms with van der Waals surface area (Å²) in [6.07, 6.45) is 1.86. The first-order valence-corrected chi connectivity index (χ1v) is 4.42. The van der Waals surface area contributed by atoms with Crippen molar-refractivity contribution in [3.05, 3.63) is 0 Å². The zero-order valence-corrected chi connectivity index (χ0v) is 7.45. The van der Waals surface area contributed by atoms with E-state index >= 15 is 0 Å². The Balaban J connectivity index is 2.10. The Hall–Kier alpha value is -0.590. The zero-order chi connectivity index (χ0) is 8.81. The first-order chi connectivity index (χ1) is 5.83. The predicted octanol–water partition coefficient (Wildman–Crippen LogP) is 1.34. The van der Waals surface area contributed by atoms with Gasteiger partial charge in [-0.1, -0.05) is 0 Å². The molecule has 0 bridgehead atoms. The molecular formula is C9H15NO2. The molecule has 0 radical (unpaired) electrons. The maximum absolute atomic E-state index is 8.46. The molecule has 0 amide bonds. The monoisotopic (exact) mass is 169 g/mol. The molecule has 1 aliphatic rings. The van der Waals surface area contributed by atoms with Gasteiger partial charge < -0.3 is 9.47 Å².